The quantitative estimate of drug-likeness (QED) is 0.774. The fourth-order valence-corrected chi connectivity index (χ4v) is 1.53. The van der Waals surface area contributed by atoms with E-state index in [1.807, 2.05) is 9.25 Å². The van der Waals surface area contributed by atoms with Crippen molar-refractivity contribution in [1.82, 2.24) is 19.3 Å². The fourth-order valence-electron chi connectivity index (χ4n) is 1.53. The first-order chi connectivity index (χ1) is 7.66. The highest BCUT2D eigenvalue weighted by Crippen LogP contribution is 2.06. The molecular formula is C11H14N4O. The third-order valence-corrected chi connectivity index (χ3v) is 2.32. The van der Waals surface area contributed by atoms with Gasteiger partial charge in [0.2, 0.25) is 0 Å². The maximum Gasteiger partial charge on any atom is 0.181 e. The summed E-state index contributed by atoms with van der Waals surface area (Å²) in [5.74, 6) is 0.888. The Bertz CT molecular complexity index is 506. The molecule has 0 bridgehead atoms. The van der Waals surface area contributed by atoms with Gasteiger partial charge in [0.05, 0.1) is 6.54 Å². The van der Waals surface area contributed by atoms with Gasteiger partial charge < -0.3 is 4.57 Å². The van der Waals surface area contributed by atoms with E-state index >= 15 is 0 Å². The van der Waals surface area contributed by atoms with Gasteiger partial charge in [-0.3, -0.25) is 4.79 Å². The van der Waals surface area contributed by atoms with E-state index in [1.165, 1.54) is 12.1 Å². The van der Waals surface area contributed by atoms with Crippen molar-refractivity contribution in [1.29, 1.82) is 0 Å². The van der Waals surface area contributed by atoms with E-state index in [-0.39, 0.29) is 11.5 Å². The predicted octanol–water partition coefficient (Wildman–Crippen LogP) is 1.07. The molecule has 0 unspecified atom stereocenters. The molecular weight excluding hydrogens is 204 g/mol. The summed E-state index contributed by atoms with van der Waals surface area (Å²) in [4.78, 5) is 15.2. The Morgan fingerprint density at radius 3 is 2.62 bits per heavy atom. The van der Waals surface area contributed by atoms with Gasteiger partial charge in [0, 0.05) is 30.6 Å². The molecule has 0 aliphatic heterocycles. The Labute approximate surface area is 93.4 Å². The van der Waals surface area contributed by atoms with Gasteiger partial charge in [-0.2, -0.15) is 5.10 Å². The molecule has 0 N–H and O–H groups in total. The molecule has 0 saturated carbocycles. The highest BCUT2D eigenvalue weighted by molar-refractivity contribution is 4.97. The summed E-state index contributed by atoms with van der Waals surface area (Å²) in [5, 5.41) is 4.16. The number of pyridine rings is 1. The lowest BCUT2D eigenvalue weighted by atomic mass is 10.4. The summed E-state index contributed by atoms with van der Waals surface area (Å²) in [6, 6.07) is 3.36. The molecule has 0 aliphatic rings. The molecule has 0 aliphatic carbocycles. The van der Waals surface area contributed by atoms with E-state index in [9.17, 15) is 4.79 Å². The van der Waals surface area contributed by atoms with Crippen LogP contribution in [0.3, 0.4) is 0 Å². The molecule has 0 saturated heterocycles. The lowest BCUT2D eigenvalue weighted by Crippen LogP contribution is -2.12. The van der Waals surface area contributed by atoms with Crippen molar-refractivity contribution >= 4 is 0 Å². The maximum absolute atomic E-state index is 11.0. The van der Waals surface area contributed by atoms with E-state index in [4.69, 9.17) is 0 Å². The molecule has 0 fully saturated rings. The molecule has 2 rings (SSSR count). The normalized spacial score (nSPS) is 10.9. The number of hydrogen-bond donors (Lipinski definition) is 0. The van der Waals surface area contributed by atoms with Crippen LogP contribution in [0.1, 0.15) is 25.7 Å². The number of nitrogens with zero attached hydrogens (tertiary/aromatic N) is 4. The first kappa shape index (κ1) is 10.6. The molecule has 0 amide bonds. The van der Waals surface area contributed by atoms with E-state index in [0.29, 0.717) is 6.54 Å². The van der Waals surface area contributed by atoms with Gasteiger partial charge in [0.25, 0.3) is 0 Å². The molecule has 0 spiro atoms. The summed E-state index contributed by atoms with van der Waals surface area (Å²) in [5.41, 5.74) is 0.0153. The summed E-state index contributed by atoms with van der Waals surface area (Å²) in [6.45, 7) is 4.74. The number of rotatable bonds is 3. The van der Waals surface area contributed by atoms with Gasteiger partial charge in [-0.05, 0) is 13.8 Å². The first-order valence-corrected chi connectivity index (χ1v) is 5.21. The Kier molecular flexibility index (Phi) is 2.85. The van der Waals surface area contributed by atoms with E-state index in [1.54, 1.807) is 18.7 Å². The summed E-state index contributed by atoms with van der Waals surface area (Å²) in [7, 11) is 0. The third-order valence-electron chi connectivity index (χ3n) is 2.32. The fraction of sp³-hybridized carbons (Fsp3) is 0.364. The van der Waals surface area contributed by atoms with Crippen molar-refractivity contribution in [2.24, 2.45) is 0 Å². The molecule has 5 nitrogen and oxygen atoms in total. The molecule has 16 heavy (non-hydrogen) atoms. The second kappa shape index (κ2) is 4.30. The third kappa shape index (κ3) is 2.18. The number of aromatic nitrogens is 4. The van der Waals surface area contributed by atoms with Crippen LogP contribution >= 0.6 is 0 Å². The van der Waals surface area contributed by atoms with Crippen LogP contribution < -0.4 is 5.43 Å². The van der Waals surface area contributed by atoms with Crippen LogP contribution in [-0.4, -0.2) is 19.3 Å². The van der Waals surface area contributed by atoms with Crippen molar-refractivity contribution in [2.75, 3.05) is 0 Å². The van der Waals surface area contributed by atoms with E-state index in [2.05, 4.69) is 23.9 Å². The SMILES string of the molecule is CC(C)n1ncnc1Cn1ccc(=O)cc1. The van der Waals surface area contributed by atoms with Gasteiger partial charge in [-0.25, -0.2) is 9.67 Å². The summed E-state index contributed by atoms with van der Waals surface area (Å²) in [6.07, 6.45) is 5.06. The largest absolute Gasteiger partial charge is 0.346 e. The Morgan fingerprint density at radius 1 is 1.31 bits per heavy atom. The van der Waals surface area contributed by atoms with Crippen LogP contribution in [0.15, 0.2) is 35.6 Å². The second-order valence-corrected chi connectivity index (χ2v) is 3.92. The van der Waals surface area contributed by atoms with Crippen molar-refractivity contribution in [3.63, 3.8) is 0 Å². The van der Waals surface area contributed by atoms with E-state index in [0.717, 1.165) is 5.82 Å². The average molecular weight is 218 g/mol. The minimum absolute atomic E-state index is 0.0153. The zero-order valence-corrected chi connectivity index (χ0v) is 9.37. The topological polar surface area (TPSA) is 52.7 Å². The molecule has 2 aromatic rings. The van der Waals surface area contributed by atoms with Crippen LogP contribution in [0.4, 0.5) is 0 Å². The molecule has 84 valence electrons. The van der Waals surface area contributed by atoms with Gasteiger partial charge in [-0.1, -0.05) is 0 Å². The van der Waals surface area contributed by atoms with Gasteiger partial charge in [-0.15, -0.1) is 0 Å². The van der Waals surface area contributed by atoms with Gasteiger partial charge in [0.15, 0.2) is 5.43 Å². The molecule has 2 aromatic heterocycles. The molecule has 0 atom stereocenters. The lowest BCUT2D eigenvalue weighted by Gasteiger charge is -2.10. The average Bonchev–Trinajstić information content (AvgIpc) is 2.69. The monoisotopic (exact) mass is 218 g/mol. The lowest BCUT2D eigenvalue weighted by molar-refractivity contribution is 0.496. The van der Waals surface area contributed by atoms with Crippen LogP contribution in [0.2, 0.25) is 0 Å². The zero-order valence-electron chi connectivity index (χ0n) is 9.37. The summed E-state index contributed by atoms with van der Waals surface area (Å²) < 4.78 is 3.78. The van der Waals surface area contributed by atoms with Gasteiger partial charge >= 0.3 is 0 Å². The zero-order chi connectivity index (χ0) is 11.5. The second-order valence-electron chi connectivity index (χ2n) is 3.92. The minimum atomic E-state index is 0.0153. The predicted molar refractivity (Wildman–Crippen MR) is 60.2 cm³/mol. The number of hydrogen-bond acceptors (Lipinski definition) is 3. The van der Waals surface area contributed by atoms with E-state index < -0.39 is 0 Å². The molecule has 0 radical (unpaired) electrons. The minimum Gasteiger partial charge on any atom is -0.346 e. The highest BCUT2D eigenvalue weighted by atomic mass is 16.1. The van der Waals surface area contributed by atoms with Crippen LogP contribution in [0.25, 0.3) is 0 Å². The summed E-state index contributed by atoms with van der Waals surface area (Å²) >= 11 is 0. The van der Waals surface area contributed by atoms with Crippen molar-refractivity contribution in [2.45, 2.75) is 26.4 Å². The first-order valence-electron chi connectivity index (χ1n) is 5.21. The molecule has 5 heteroatoms. The standard InChI is InChI=1S/C11H14N4O/c1-9(2)15-11(12-8-13-15)7-14-5-3-10(16)4-6-14/h3-6,8-9H,7H2,1-2H3. The Hall–Kier alpha value is -1.91. The Morgan fingerprint density at radius 2 is 2.00 bits per heavy atom. The van der Waals surface area contributed by atoms with Crippen LogP contribution in [0, 0.1) is 0 Å². The van der Waals surface area contributed by atoms with Crippen molar-refractivity contribution in [3.8, 4) is 0 Å². The highest BCUT2D eigenvalue weighted by Gasteiger charge is 2.06. The van der Waals surface area contributed by atoms with Crippen molar-refractivity contribution in [3.05, 3.63) is 46.9 Å². The van der Waals surface area contributed by atoms with Gasteiger partial charge in [0.1, 0.15) is 12.2 Å². The van der Waals surface area contributed by atoms with Crippen molar-refractivity contribution < 1.29 is 0 Å². The maximum atomic E-state index is 11.0. The smallest absolute Gasteiger partial charge is 0.181 e. The Balaban J connectivity index is 2.23. The van der Waals surface area contributed by atoms with Crippen LogP contribution in [-0.2, 0) is 6.54 Å². The van der Waals surface area contributed by atoms with Crippen LogP contribution in [0.5, 0.6) is 0 Å². The molecule has 2 heterocycles. The molecule has 0 aromatic carbocycles.